The molecule has 8 heteroatoms. The van der Waals surface area contributed by atoms with Crippen LogP contribution >= 0.6 is 0 Å². The van der Waals surface area contributed by atoms with Gasteiger partial charge in [-0.05, 0) is 43.0 Å². The van der Waals surface area contributed by atoms with E-state index in [-0.39, 0.29) is 5.92 Å². The first kappa shape index (κ1) is 16.8. The van der Waals surface area contributed by atoms with Crippen LogP contribution in [0, 0.1) is 23.1 Å². The molecular weight excluding hydrogens is 307 g/mol. The van der Waals surface area contributed by atoms with Crippen LogP contribution in [0.4, 0.5) is 4.39 Å². The first-order valence-electron chi connectivity index (χ1n) is 7.05. The number of benzene rings is 1. The topological polar surface area (TPSA) is 99.2 Å². The van der Waals surface area contributed by atoms with Gasteiger partial charge in [0.25, 0.3) is 10.2 Å². The minimum absolute atomic E-state index is 0.179. The Morgan fingerprint density at radius 1 is 1.50 bits per heavy atom. The molecule has 1 aliphatic heterocycles. The molecule has 1 unspecified atom stereocenters. The van der Waals surface area contributed by atoms with E-state index in [0.717, 1.165) is 24.9 Å². The van der Waals surface area contributed by atoms with Crippen LogP contribution in [0.15, 0.2) is 18.2 Å². The Balaban J connectivity index is 1.97. The summed E-state index contributed by atoms with van der Waals surface area (Å²) in [4.78, 5) is 2.15. The molecule has 2 rings (SSSR count). The predicted molar refractivity (Wildman–Crippen MR) is 80.2 cm³/mol. The number of rotatable bonds is 5. The summed E-state index contributed by atoms with van der Waals surface area (Å²) in [5.74, 6) is -0.243. The molecule has 6 nitrogen and oxygen atoms in total. The number of nitriles is 1. The van der Waals surface area contributed by atoms with Gasteiger partial charge in [-0.15, -0.1) is 0 Å². The van der Waals surface area contributed by atoms with Crippen LogP contribution in [0.5, 0.6) is 0 Å². The summed E-state index contributed by atoms with van der Waals surface area (Å²) in [6.07, 6.45) is 1.87. The highest BCUT2D eigenvalue weighted by atomic mass is 32.2. The molecule has 0 saturated carbocycles. The number of likely N-dealkylation sites (tertiary alicyclic amines) is 1. The molecule has 22 heavy (non-hydrogen) atoms. The SMILES string of the molecule is N#Cc1cc(F)ccc1CN1CCCC(CNS(N)(=O)=O)C1. The number of hydrogen-bond acceptors (Lipinski definition) is 4. The van der Waals surface area contributed by atoms with Gasteiger partial charge in [0.15, 0.2) is 0 Å². The number of nitrogens with zero attached hydrogens (tertiary/aromatic N) is 2. The molecule has 1 aromatic rings. The summed E-state index contributed by atoms with van der Waals surface area (Å²) in [7, 11) is -3.67. The molecule has 1 saturated heterocycles. The molecule has 1 fully saturated rings. The maximum Gasteiger partial charge on any atom is 0.274 e. The molecule has 0 spiro atoms. The molecule has 0 aliphatic carbocycles. The van der Waals surface area contributed by atoms with Crippen molar-refractivity contribution in [3.8, 4) is 6.07 Å². The zero-order valence-corrected chi connectivity index (χ0v) is 12.9. The maximum absolute atomic E-state index is 13.1. The van der Waals surface area contributed by atoms with Crippen molar-refractivity contribution in [3.05, 3.63) is 35.1 Å². The molecule has 0 amide bonds. The third kappa shape index (κ3) is 5.03. The van der Waals surface area contributed by atoms with Gasteiger partial charge in [0.2, 0.25) is 0 Å². The van der Waals surface area contributed by atoms with Gasteiger partial charge in [0.1, 0.15) is 5.82 Å². The monoisotopic (exact) mass is 326 g/mol. The molecule has 1 aliphatic rings. The van der Waals surface area contributed by atoms with E-state index in [1.807, 2.05) is 6.07 Å². The van der Waals surface area contributed by atoms with E-state index >= 15 is 0 Å². The third-order valence-corrected chi connectivity index (χ3v) is 4.33. The number of piperidine rings is 1. The summed E-state index contributed by atoms with van der Waals surface area (Å²) in [5, 5.41) is 14.0. The second kappa shape index (κ2) is 7.15. The molecular formula is C14H19FN4O2S. The van der Waals surface area contributed by atoms with Crippen molar-refractivity contribution in [2.24, 2.45) is 11.1 Å². The molecule has 1 atom stereocenters. The normalized spacial score (nSPS) is 19.8. The van der Waals surface area contributed by atoms with Crippen molar-refractivity contribution in [1.82, 2.24) is 9.62 Å². The van der Waals surface area contributed by atoms with Gasteiger partial charge in [0.05, 0.1) is 11.6 Å². The molecule has 1 heterocycles. The summed E-state index contributed by atoms with van der Waals surface area (Å²) in [6, 6.07) is 6.22. The molecule has 3 N–H and O–H groups in total. The highest BCUT2D eigenvalue weighted by molar-refractivity contribution is 7.87. The quantitative estimate of drug-likeness (QED) is 0.832. The van der Waals surface area contributed by atoms with Gasteiger partial charge < -0.3 is 0 Å². The van der Waals surface area contributed by atoms with E-state index in [2.05, 4.69) is 9.62 Å². The third-order valence-electron chi connectivity index (χ3n) is 3.76. The van der Waals surface area contributed by atoms with E-state index in [4.69, 9.17) is 10.4 Å². The average Bonchev–Trinajstić information content (AvgIpc) is 2.47. The second-order valence-electron chi connectivity index (χ2n) is 5.55. The molecule has 0 radical (unpaired) electrons. The highest BCUT2D eigenvalue weighted by Crippen LogP contribution is 2.20. The lowest BCUT2D eigenvalue weighted by Crippen LogP contribution is -2.42. The van der Waals surface area contributed by atoms with Gasteiger partial charge in [-0.2, -0.15) is 13.7 Å². The van der Waals surface area contributed by atoms with E-state index in [9.17, 15) is 12.8 Å². The number of nitrogens with two attached hydrogens (primary N) is 1. The summed E-state index contributed by atoms with van der Waals surface area (Å²) in [5.41, 5.74) is 1.12. The fourth-order valence-corrected chi connectivity index (χ4v) is 3.20. The molecule has 120 valence electrons. The lowest BCUT2D eigenvalue weighted by atomic mass is 9.97. The fourth-order valence-electron chi connectivity index (χ4n) is 2.73. The van der Waals surface area contributed by atoms with Crippen LogP contribution < -0.4 is 9.86 Å². The highest BCUT2D eigenvalue weighted by Gasteiger charge is 2.21. The number of nitrogens with one attached hydrogen (secondary N) is 1. The Labute approximate surface area is 129 Å². The Bertz CT molecular complexity index is 672. The lowest BCUT2D eigenvalue weighted by molar-refractivity contribution is 0.168. The van der Waals surface area contributed by atoms with Crippen molar-refractivity contribution in [2.45, 2.75) is 19.4 Å². The zero-order chi connectivity index (χ0) is 16.2. The summed E-state index contributed by atoms with van der Waals surface area (Å²) in [6.45, 7) is 2.44. The fraction of sp³-hybridized carbons (Fsp3) is 0.500. The van der Waals surface area contributed by atoms with Crippen LogP contribution in [-0.4, -0.2) is 33.0 Å². The minimum atomic E-state index is -3.67. The Kier molecular flexibility index (Phi) is 5.47. The van der Waals surface area contributed by atoms with Crippen LogP contribution in [0.1, 0.15) is 24.0 Å². The van der Waals surface area contributed by atoms with Crippen LogP contribution in [-0.2, 0) is 16.8 Å². The Morgan fingerprint density at radius 3 is 2.95 bits per heavy atom. The Morgan fingerprint density at radius 2 is 2.27 bits per heavy atom. The van der Waals surface area contributed by atoms with Crippen LogP contribution in [0.2, 0.25) is 0 Å². The number of halogens is 1. The van der Waals surface area contributed by atoms with Crippen molar-refractivity contribution in [3.63, 3.8) is 0 Å². The molecule has 1 aromatic carbocycles. The van der Waals surface area contributed by atoms with Crippen molar-refractivity contribution >= 4 is 10.2 Å². The predicted octanol–water partition coefficient (Wildman–Crippen LogP) is 0.702. The first-order valence-corrected chi connectivity index (χ1v) is 8.60. The van der Waals surface area contributed by atoms with Gasteiger partial charge in [-0.3, -0.25) is 4.90 Å². The van der Waals surface area contributed by atoms with E-state index in [0.29, 0.717) is 25.2 Å². The van der Waals surface area contributed by atoms with E-state index < -0.39 is 16.0 Å². The minimum Gasteiger partial charge on any atom is -0.299 e. The molecule has 0 bridgehead atoms. The van der Waals surface area contributed by atoms with Crippen LogP contribution in [0.25, 0.3) is 0 Å². The van der Waals surface area contributed by atoms with Crippen molar-refractivity contribution in [1.29, 1.82) is 5.26 Å². The van der Waals surface area contributed by atoms with Gasteiger partial charge in [-0.1, -0.05) is 6.07 Å². The van der Waals surface area contributed by atoms with Gasteiger partial charge in [0, 0.05) is 19.6 Å². The number of hydrogen-bond donors (Lipinski definition) is 2. The van der Waals surface area contributed by atoms with Crippen LogP contribution in [0.3, 0.4) is 0 Å². The average molecular weight is 326 g/mol. The standard InChI is InChI=1S/C14H19FN4O2S/c15-14-4-3-12(13(6-14)7-16)10-19-5-1-2-11(9-19)8-18-22(17,20)21/h3-4,6,11,18H,1-2,5,8-10H2,(H2,17,20,21). The smallest absolute Gasteiger partial charge is 0.274 e. The lowest BCUT2D eigenvalue weighted by Gasteiger charge is -2.32. The second-order valence-corrected chi connectivity index (χ2v) is 6.93. The van der Waals surface area contributed by atoms with Gasteiger partial charge in [-0.25, -0.2) is 14.3 Å². The largest absolute Gasteiger partial charge is 0.299 e. The Hall–Kier alpha value is -1.53. The summed E-state index contributed by atoms with van der Waals surface area (Å²) >= 11 is 0. The first-order chi connectivity index (χ1) is 10.4. The van der Waals surface area contributed by atoms with E-state index in [1.165, 1.54) is 12.1 Å². The van der Waals surface area contributed by atoms with Crippen molar-refractivity contribution < 1.29 is 12.8 Å². The van der Waals surface area contributed by atoms with E-state index in [1.54, 1.807) is 6.07 Å². The zero-order valence-electron chi connectivity index (χ0n) is 12.1. The van der Waals surface area contributed by atoms with Gasteiger partial charge >= 0.3 is 0 Å². The summed E-state index contributed by atoms with van der Waals surface area (Å²) < 4.78 is 37.4. The van der Waals surface area contributed by atoms with Crippen molar-refractivity contribution in [2.75, 3.05) is 19.6 Å². The molecule has 0 aromatic heterocycles. The maximum atomic E-state index is 13.1.